The zero-order valence-electron chi connectivity index (χ0n) is 10.4. The Balaban J connectivity index is 2.70. The summed E-state index contributed by atoms with van der Waals surface area (Å²) < 4.78 is 4.87. The first-order valence-electron chi connectivity index (χ1n) is 5.63. The van der Waals surface area contributed by atoms with Crippen LogP contribution in [0.1, 0.15) is 15.9 Å². The maximum absolute atomic E-state index is 12.3. The Morgan fingerprint density at radius 1 is 1.22 bits per heavy atom. The van der Waals surface area contributed by atoms with E-state index in [1.165, 1.54) is 0 Å². The van der Waals surface area contributed by atoms with Crippen LogP contribution in [0.4, 0.5) is 0 Å². The third-order valence-electron chi connectivity index (χ3n) is 2.86. The lowest BCUT2D eigenvalue weighted by Crippen LogP contribution is -2.23. The number of thiol groups is 1. The maximum atomic E-state index is 12.3. The van der Waals surface area contributed by atoms with Crippen LogP contribution >= 0.6 is 12.9 Å². The smallest absolute Gasteiger partial charge is 0.254 e. The zero-order valence-corrected chi connectivity index (χ0v) is 11.3. The van der Waals surface area contributed by atoms with Crippen LogP contribution < -0.4 is 0 Å². The summed E-state index contributed by atoms with van der Waals surface area (Å²) in [6, 6.07) is 11.7. The molecule has 0 aliphatic carbocycles. The number of nitrogens with zero attached hydrogens (tertiary/aromatic N) is 1. The van der Waals surface area contributed by atoms with Crippen molar-refractivity contribution in [2.45, 2.75) is 6.61 Å². The molecule has 0 aliphatic heterocycles. The number of carbonyl (C=O) groups is 1. The van der Waals surface area contributed by atoms with Gasteiger partial charge in [-0.2, -0.15) is 0 Å². The average molecular weight is 261 g/mol. The Kier molecular flexibility index (Phi) is 3.89. The van der Waals surface area contributed by atoms with Gasteiger partial charge in [0.1, 0.15) is 0 Å². The van der Waals surface area contributed by atoms with Crippen molar-refractivity contribution in [3.8, 4) is 0 Å². The second-order valence-corrected chi connectivity index (χ2v) is 4.55. The van der Waals surface area contributed by atoms with Crippen molar-refractivity contribution < 1.29 is 8.98 Å². The Hall–Kier alpha value is -1.52. The van der Waals surface area contributed by atoms with E-state index in [0.717, 1.165) is 16.3 Å². The van der Waals surface area contributed by atoms with Crippen LogP contribution in [0.5, 0.6) is 0 Å². The first-order chi connectivity index (χ1) is 8.65. The van der Waals surface area contributed by atoms with Crippen molar-refractivity contribution in [2.75, 3.05) is 14.1 Å². The minimum atomic E-state index is -0.0211. The van der Waals surface area contributed by atoms with Crippen LogP contribution in [0.15, 0.2) is 36.4 Å². The number of hydrogen-bond acceptors (Lipinski definition) is 3. The van der Waals surface area contributed by atoms with Gasteiger partial charge in [0.05, 0.1) is 12.2 Å². The van der Waals surface area contributed by atoms with Crippen molar-refractivity contribution in [1.29, 1.82) is 0 Å². The lowest BCUT2D eigenvalue weighted by atomic mass is 9.98. The van der Waals surface area contributed by atoms with Gasteiger partial charge in [0.2, 0.25) is 0 Å². The second kappa shape index (κ2) is 5.42. The molecule has 0 aliphatic rings. The third kappa shape index (κ3) is 2.35. The van der Waals surface area contributed by atoms with Crippen LogP contribution in [-0.2, 0) is 10.8 Å². The molecule has 0 aromatic heterocycles. The largest absolute Gasteiger partial charge is 0.345 e. The van der Waals surface area contributed by atoms with E-state index in [1.807, 2.05) is 36.4 Å². The molecule has 2 rings (SSSR count). The molecule has 0 saturated heterocycles. The third-order valence-corrected chi connectivity index (χ3v) is 2.98. The molecule has 18 heavy (non-hydrogen) atoms. The highest BCUT2D eigenvalue weighted by Gasteiger charge is 2.16. The minimum Gasteiger partial charge on any atom is -0.345 e. The predicted molar refractivity (Wildman–Crippen MR) is 75.7 cm³/mol. The molecule has 0 N–H and O–H groups in total. The van der Waals surface area contributed by atoms with Crippen molar-refractivity contribution in [3.63, 3.8) is 0 Å². The van der Waals surface area contributed by atoms with E-state index in [0.29, 0.717) is 12.2 Å². The van der Waals surface area contributed by atoms with Gasteiger partial charge in [-0.25, -0.2) is 0 Å². The normalized spacial score (nSPS) is 10.6. The number of rotatable bonds is 3. The van der Waals surface area contributed by atoms with E-state index in [2.05, 4.69) is 12.9 Å². The molecule has 3 nitrogen and oxygen atoms in total. The molecule has 4 heteroatoms. The van der Waals surface area contributed by atoms with Gasteiger partial charge in [0, 0.05) is 14.1 Å². The van der Waals surface area contributed by atoms with Gasteiger partial charge in [0.25, 0.3) is 5.91 Å². The van der Waals surface area contributed by atoms with Crippen LogP contribution in [0.2, 0.25) is 0 Å². The maximum Gasteiger partial charge on any atom is 0.254 e. The van der Waals surface area contributed by atoms with Crippen LogP contribution in [0.3, 0.4) is 0 Å². The SMILES string of the molecule is CN(C)C(=O)c1c(COS)ccc2ccccc12. The molecule has 2 aromatic rings. The van der Waals surface area contributed by atoms with Gasteiger partial charge in [-0.3, -0.25) is 4.79 Å². The molecule has 0 heterocycles. The monoisotopic (exact) mass is 261 g/mol. The average Bonchev–Trinajstić information content (AvgIpc) is 2.38. The number of carbonyl (C=O) groups excluding carboxylic acids is 1. The molecule has 0 radical (unpaired) electrons. The van der Waals surface area contributed by atoms with E-state index in [1.54, 1.807) is 19.0 Å². The standard InChI is InChI=1S/C14H15NO2S/c1-15(2)14(16)13-11(9-17-18)8-7-10-5-3-4-6-12(10)13/h3-8,18H,9H2,1-2H3. The van der Waals surface area contributed by atoms with Gasteiger partial charge in [0.15, 0.2) is 0 Å². The number of benzene rings is 2. The molecule has 0 fully saturated rings. The number of hydrogen-bond donors (Lipinski definition) is 1. The molecule has 0 atom stereocenters. The Bertz CT molecular complexity index is 581. The minimum absolute atomic E-state index is 0.0211. The molecular formula is C14H15NO2S. The summed E-state index contributed by atoms with van der Waals surface area (Å²) in [6.07, 6.45) is 0. The fourth-order valence-corrected chi connectivity index (χ4v) is 2.12. The summed E-state index contributed by atoms with van der Waals surface area (Å²) >= 11 is 3.77. The quantitative estimate of drug-likeness (QED) is 0.680. The summed E-state index contributed by atoms with van der Waals surface area (Å²) in [5.41, 5.74) is 1.54. The summed E-state index contributed by atoms with van der Waals surface area (Å²) in [5, 5.41) is 1.99. The van der Waals surface area contributed by atoms with Gasteiger partial charge in [-0.05, 0) is 29.2 Å². The molecule has 2 aromatic carbocycles. The first-order valence-corrected chi connectivity index (χ1v) is 6.00. The van der Waals surface area contributed by atoms with Gasteiger partial charge >= 0.3 is 0 Å². The number of fused-ring (bicyclic) bond motifs is 1. The van der Waals surface area contributed by atoms with Crippen molar-refractivity contribution >= 4 is 29.6 Å². The highest BCUT2D eigenvalue weighted by Crippen LogP contribution is 2.24. The highest BCUT2D eigenvalue weighted by molar-refractivity contribution is 7.75. The predicted octanol–water partition coefficient (Wildman–Crippen LogP) is 2.90. The lowest BCUT2D eigenvalue weighted by molar-refractivity contribution is 0.0827. The molecule has 0 unspecified atom stereocenters. The van der Waals surface area contributed by atoms with Gasteiger partial charge in [-0.1, -0.05) is 36.4 Å². The highest BCUT2D eigenvalue weighted by atomic mass is 32.1. The summed E-state index contributed by atoms with van der Waals surface area (Å²) in [6.45, 7) is 0.308. The molecule has 0 saturated carbocycles. The number of amides is 1. The van der Waals surface area contributed by atoms with E-state index in [-0.39, 0.29) is 5.91 Å². The van der Waals surface area contributed by atoms with Crippen LogP contribution in [0.25, 0.3) is 10.8 Å². The Labute approximate surface area is 112 Å². The molecule has 0 bridgehead atoms. The molecule has 1 amide bonds. The van der Waals surface area contributed by atoms with E-state index in [4.69, 9.17) is 4.18 Å². The summed E-state index contributed by atoms with van der Waals surface area (Å²) in [5.74, 6) is -0.0211. The lowest BCUT2D eigenvalue weighted by Gasteiger charge is -2.16. The summed E-state index contributed by atoms with van der Waals surface area (Å²) in [7, 11) is 3.49. The fourth-order valence-electron chi connectivity index (χ4n) is 1.98. The second-order valence-electron chi connectivity index (χ2n) is 4.29. The first kappa shape index (κ1) is 12.9. The van der Waals surface area contributed by atoms with Gasteiger partial charge in [-0.15, -0.1) is 0 Å². The summed E-state index contributed by atoms with van der Waals surface area (Å²) in [4.78, 5) is 13.9. The van der Waals surface area contributed by atoms with Crippen LogP contribution in [-0.4, -0.2) is 24.9 Å². The van der Waals surface area contributed by atoms with Crippen molar-refractivity contribution in [2.24, 2.45) is 0 Å². The fraction of sp³-hybridized carbons (Fsp3) is 0.214. The van der Waals surface area contributed by atoms with Crippen molar-refractivity contribution in [3.05, 3.63) is 47.5 Å². The molecule has 0 spiro atoms. The molecule has 94 valence electrons. The Morgan fingerprint density at radius 3 is 2.61 bits per heavy atom. The van der Waals surface area contributed by atoms with Crippen molar-refractivity contribution in [1.82, 2.24) is 4.90 Å². The van der Waals surface area contributed by atoms with E-state index >= 15 is 0 Å². The van der Waals surface area contributed by atoms with Crippen LogP contribution in [0, 0.1) is 0 Å². The Morgan fingerprint density at radius 2 is 1.94 bits per heavy atom. The molecular weight excluding hydrogens is 246 g/mol. The van der Waals surface area contributed by atoms with E-state index in [9.17, 15) is 4.79 Å². The van der Waals surface area contributed by atoms with E-state index < -0.39 is 0 Å². The van der Waals surface area contributed by atoms with Gasteiger partial charge < -0.3 is 9.08 Å². The topological polar surface area (TPSA) is 29.5 Å². The zero-order chi connectivity index (χ0) is 13.1.